The zero-order valence-corrected chi connectivity index (χ0v) is 15.0. The van der Waals surface area contributed by atoms with Crippen molar-refractivity contribution in [2.45, 2.75) is 32.2 Å². The summed E-state index contributed by atoms with van der Waals surface area (Å²) in [6.07, 6.45) is 11.5. The summed E-state index contributed by atoms with van der Waals surface area (Å²) in [5.74, 6) is 0.0907. The van der Waals surface area contributed by atoms with Crippen LogP contribution in [0.1, 0.15) is 36.5 Å². The number of carbonyl (C=O) groups excluding carboxylic acids is 1. The van der Waals surface area contributed by atoms with Crippen LogP contribution in [0.25, 0.3) is 16.9 Å². The van der Waals surface area contributed by atoms with Gasteiger partial charge in [0.25, 0.3) is 5.91 Å². The molecule has 2 aromatic heterocycles. The summed E-state index contributed by atoms with van der Waals surface area (Å²) in [5, 5.41) is 0. The van der Waals surface area contributed by atoms with Gasteiger partial charge in [0.15, 0.2) is 0 Å². The Bertz CT molecular complexity index is 942. The third-order valence-electron chi connectivity index (χ3n) is 4.94. The Kier molecular flexibility index (Phi) is 4.57. The van der Waals surface area contributed by atoms with E-state index in [-0.39, 0.29) is 11.9 Å². The highest BCUT2D eigenvalue weighted by molar-refractivity contribution is 5.95. The molecule has 1 aromatic carbocycles. The van der Waals surface area contributed by atoms with Crippen molar-refractivity contribution >= 4 is 11.6 Å². The van der Waals surface area contributed by atoms with Crippen molar-refractivity contribution in [3.8, 4) is 11.3 Å². The van der Waals surface area contributed by atoms with Gasteiger partial charge in [0.05, 0.1) is 17.3 Å². The molecule has 0 saturated heterocycles. The van der Waals surface area contributed by atoms with Crippen LogP contribution in [-0.4, -0.2) is 32.8 Å². The molecule has 0 unspecified atom stereocenters. The number of hydrogen-bond acceptors (Lipinski definition) is 2. The van der Waals surface area contributed by atoms with Crippen LogP contribution in [0.3, 0.4) is 0 Å². The number of carbonyl (C=O) groups is 1. The van der Waals surface area contributed by atoms with Gasteiger partial charge in [-0.15, -0.1) is 0 Å². The smallest absolute Gasteiger partial charge is 0.256 e. The molecule has 1 amide bonds. The lowest BCUT2D eigenvalue weighted by Gasteiger charge is -2.24. The summed E-state index contributed by atoms with van der Waals surface area (Å²) in [6.45, 7) is 2.88. The van der Waals surface area contributed by atoms with E-state index in [4.69, 9.17) is 0 Å². The van der Waals surface area contributed by atoms with Gasteiger partial charge in [0.1, 0.15) is 5.65 Å². The standard InChI is InChI=1S/C22H23N3O/c1-2-3-10-19-11-7-14-25(19)22(26)18-12-13-21-23-20(16-24(21)15-18)17-8-5-4-6-9-17/h4-9,11-13,15-16,19H,2-3,10,14H2,1H3/t19-/m1/s1. The second kappa shape index (κ2) is 7.16. The Morgan fingerprint density at radius 2 is 2.00 bits per heavy atom. The third kappa shape index (κ3) is 3.15. The number of pyridine rings is 1. The second-order valence-electron chi connectivity index (χ2n) is 6.77. The predicted octanol–water partition coefficient (Wildman–Crippen LogP) is 4.57. The van der Waals surface area contributed by atoms with Gasteiger partial charge in [-0.1, -0.05) is 62.2 Å². The van der Waals surface area contributed by atoms with E-state index in [0.29, 0.717) is 12.1 Å². The van der Waals surface area contributed by atoms with Crippen LogP contribution in [0.5, 0.6) is 0 Å². The van der Waals surface area contributed by atoms with Gasteiger partial charge in [0, 0.05) is 24.5 Å². The van der Waals surface area contributed by atoms with Crippen LogP contribution in [-0.2, 0) is 0 Å². The van der Waals surface area contributed by atoms with Crippen LogP contribution in [0, 0.1) is 0 Å². The second-order valence-corrected chi connectivity index (χ2v) is 6.77. The number of imidazole rings is 1. The number of benzene rings is 1. The van der Waals surface area contributed by atoms with Crippen molar-refractivity contribution in [2.75, 3.05) is 6.54 Å². The maximum absolute atomic E-state index is 13.0. The van der Waals surface area contributed by atoms with Gasteiger partial charge in [-0.2, -0.15) is 0 Å². The monoisotopic (exact) mass is 345 g/mol. The molecule has 0 aliphatic carbocycles. The van der Waals surface area contributed by atoms with Gasteiger partial charge >= 0.3 is 0 Å². The summed E-state index contributed by atoms with van der Waals surface area (Å²) in [6, 6.07) is 14.1. The summed E-state index contributed by atoms with van der Waals surface area (Å²) >= 11 is 0. The molecule has 0 spiro atoms. The molecule has 4 rings (SSSR count). The summed E-state index contributed by atoms with van der Waals surface area (Å²) in [7, 11) is 0. The molecule has 1 aliphatic heterocycles. The Balaban J connectivity index is 1.60. The van der Waals surface area contributed by atoms with Gasteiger partial charge < -0.3 is 9.30 Å². The van der Waals surface area contributed by atoms with Crippen LogP contribution < -0.4 is 0 Å². The zero-order valence-electron chi connectivity index (χ0n) is 15.0. The molecule has 1 aliphatic rings. The largest absolute Gasteiger partial charge is 0.328 e. The predicted molar refractivity (Wildman–Crippen MR) is 104 cm³/mol. The zero-order chi connectivity index (χ0) is 17.9. The number of amides is 1. The number of aromatic nitrogens is 2. The average molecular weight is 345 g/mol. The molecule has 0 saturated carbocycles. The molecular formula is C22H23N3O. The van der Waals surface area contributed by atoms with E-state index in [1.165, 1.54) is 0 Å². The number of fused-ring (bicyclic) bond motifs is 1. The van der Waals surface area contributed by atoms with E-state index in [1.807, 2.05) is 64.2 Å². The van der Waals surface area contributed by atoms with Crippen molar-refractivity contribution < 1.29 is 4.79 Å². The molecule has 1 atom stereocenters. The van der Waals surface area contributed by atoms with Gasteiger partial charge in [-0.05, 0) is 18.6 Å². The number of nitrogens with zero attached hydrogens (tertiary/aromatic N) is 3. The molecule has 0 fully saturated rings. The van der Waals surface area contributed by atoms with E-state index in [0.717, 1.165) is 36.2 Å². The van der Waals surface area contributed by atoms with E-state index in [1.54, 1.807) is 0 Å². The fraction of sp³-hybridized carbons (Fsp3) is 0.273. The Hall–Kier alpha value is -2.88. The highest BCUT2D eigenvalue weighted by Gasteiger charge is 2.25. The molecule has 3 aromatic rings. The fourth-order valence-electron chi connectivity index (χ4n) is 3.50. The molecule has 4 heteroatoms. The van der Waals surface area contributed by atoms with Crippen LogP contribution in [0.15, 0.2) is 67.0 Å². The highest BCUT2D eigenvalue weighted by Crippen LogP contribution is 2.22. The molecule has 4 nitrogen and oxygen atoms in total. The first-order valence-corrected chi connectivity index (χ1v) is 9.28. The topological polar surface area (TPSA) is 37.6 Å². The van der Waals surface area contributed by atoms with E-state index in [9.17, 15) is 4.79 Å². The minimum atomic E-state index is 0.0907. The Morgan fingerprint density at radius 1 is 1.15 bits per heavy atom. The lowest BCUT2D eigenvalue weighted by atomic mass is 10.1. The molecule has 0 radical (unpaired) electrons. The number of rotatable bonds is 5. The minimum absolute atomic E-state index is 0.0907. The maximum atomic E-state index is 13.0. The third-order valence-corrected chi connectivity index (χ3v) is 4.94. The summed E-state index contributed by atoms with van der Waals surface area (Å²) < 4.78 is 1.94. The van der Waals surface area contributed by atoms with Crippen molar-refractivity contribution in [1.29, 1.82) is 0 Å². The van der Waals surface area contributed by atoms with Crippen molar-refractivity contribution in [3.63, 3.8) is 0 Å². The van der Waals surface area contributed by atoms with E-state index >= 15 is 0 Å². The molecule has 132 valence electrons. The molecule has 0 N–H and O–H groups in total. The Morgan fingerprint density at radius 3 is 2.81 bits per heavy atom. The van der Waals surface area contributed by atoms with Crippen molar-refractivity contribution in [1.82, 2.24) is 14.3 Å². The van der Waals surface area contributed by atoms with Crippen molar-refractivity contribution in [3.05, 3.63) is 72.6 Å². The van der Waals surface area contributed by atoms with E-state index < -0.39 is 0 Å². The molecular weight excluding hydrogens is 322 g/mol. The van der Waals surface area contributed by atoms with Crippen LogP contribution >= 0.6 is 0 Å². The maximum Gasteiger partial charge on any atom is 0.256 e. The highest BCUT2D eigenvalue weighted by atomic mass is 16.2. The molecule has 26 heavy (non-hydrogen) atoms. The SMILES string of the molecule is CCCC[C@@H]1C=CCN1C(=O)c1ccc2nc(-c3ccccc3)cn2c1. The summed E-state index contributed by atoms with van der Waals surface area (Å²) in [4.78, 5) is 19.6. The Labute approximate surface area is 153 Å². The van der Waals surface area contributed by atoms with Gasteiger partial charge in [0.2, 0.25) is 0 Å². The van der Waals surface area contributed by atoms with E-state index in [2.05, 4.69) is 24.1 Å². The summed E-state index contributed by atoms with van der Waals surface area (Å²) in [5.41, 5.74) is 3.55. The average Bonchev–Trinajstić information content (AvgIpc) is 3.32. The first-order chi connectivity index (χ1) is 12.8. The normalized spacial score (nSPS) is 16.5. The molecule has 3 heterocycles. The van der Waals surface area contributed by atoms with Crippen LogP contribution in [0.4, 0.5) is 0 Å². The first-order valence-electron chi connectivity index (χ1n) is 9.28. The lowest BCUT2D eigenvalue weighted by molar-refractivity contribution is 0.0743. The number of hydrogen-bond donors (Lipinski definition) is 0. The first kappa shape index (κ1) is 16.6. The van der Waals surface area contributed by atoms with Crippen LogP contribution in [0.2, 0.25) is 0 Å². The van der Waals surface area contributed by atoms with Gasteiger partial charge in [-0.3, -0.25) is 4.79 Å². The van der Waals surface area contributed by atoms with Crippen molar-refractivity contribution in [2.24, 2.45) is 0 Å². The fourth-order valence-corrected chi connectivity index (χ4v) is 3.50. The minimum Gasteiger partial charge on any atom is -0.328 e. The quantitative estimate of drug-likeness (QED) is 0.635. The lowest BCUT2D eigenvalue weighted by Crippen LogP contribution is -2.36. The molecule has 0 bridgehead atoms. The van der Waals surface area contributed by atoms with Gasteiger partial charge in [-0.25, -0.2) is 4.98 Å². The number of unbranched alkanes of at least 4 members (excludes halogenated alkanes) is 1.